The number of rotatable bonds is 15. The topological polar surface area (TPSA) is 120 Å². The second-order valence-corrected chi connectivity index (χ2v) is 12.3. The van der Waals surface area contributed by atoms with Gasteiger partial charge in [-0.3, -0.25) is 19.5 Å². The molecule has 0 aliphatic heterocycles. The zero-order valence-corrected chi connectivity index (χ0v) is 25.3. The average Bonchev–Trinajstić information content (AvgIpc) is 2.91. The Labute approximate surface area is 241 Å². The fourth-order valence-electron chi connectivity index (χ4n) is 5.48. The molecule has 1 aliphatic carbocycles. The second-order valence-electron chi connectivity index (χ2n) is 12.3. The minimum absolute atomic E-state index is 0.0261. The molecule has 1 saturated carbocycles. The van der Waals surface area contributed by atoms with Gasteiger partial charge in [-0.2, -0.15) is 0 Å². The number of hydrogen-bond donors (Lipinski definition) is 2. The summed E-state index contributed by atoms with van der Waals surface area (Å²) in [6.07, 6.45) is 9.19. The molecule has 0 spiro atoms. The highest BCUT2D eigenvalue weighted by Gasteiger charge is 2.41. The van der Waals surface area contributed by atoms with E-state index >= 15 is 0 Å². The zero-order valence-electron chi connectivity index (χ0n) is 25.3. The number of hydrogen-bond acceptors (Lipinski definition) is 6. The van der Waals surface area contributed by atoms with E-state index in [4.69, 9.17) is 5.73 Å². The van der Waals surface area contributed by atoms with Crippen LogP contribution in [0.1, 0.15) is 98.0 Å². The molecule has 3 N–H and O–H groups in total. The van der Waals surface area contributed by atoms with E-state index in [0.29, 0.717) is 25.3 Å². The van der Waals surface area contributed by atoms with Gasteiger partial charge < -0.3 is 16.0 Å². The number of nitrogens with two attached hydrogens (primary N) is 1. The Hall–Kier alpha value is -2.42. The molecule has 1 fully saturated rings. The Morgan fingerprint density at radius 1 is 1.07 bits per heavy atom. The predicted octanol–water partition coefficient (Wildman–Crippen LogP) is 4.10. The lowest BCUT2D eigenvalue weighted by molar-refractivity contribution is -0.783. The third-order valence-corrected chi connectivity index (χ3v) is 7.56. The van der Waals surface area contributed by atoms with E-state index in [2.05, 4.69) is 4.99 Å². The third kappa shape index (κ3) is 10.9. The minimum Gasteiger partial charge on any atom is -0.626 e. The van der Waals surface area contributed by atoms with E-state index in [-0.39, 0.29) is 31.1 Å². The molecule has 1 aromatic rings. The largest absolute Gasteiger partial charge is 0.626 e. The van der Waals surface area contributed by atoms with Crippen LogP contribution in [0.25, 0.3) is 0 Å². The minimum atomic E-state index is -1.17. The standard InChI is InChI=1S/C32H52N4O4/c1-6-13-29(32(39)36(40)27(18-23(2)3)22-34-21-26-16-11-8-12-17-26)35(30(37)19-24(4)5)31(38)28(33)20-25-14-9-7-10-15-25/h7,9-10,14-15,22-24,26-29,36H,6,8,11-13,16-21,33H2,1-5H3/t27-,28-,29-/m0/s1. The SMILES string of the molecule is CCC[C@@H](C(=O)[NH+]([O-])[C@H](C=NCC1CCCCC1)CC(C)C)N(C(=O)CC(C)C)C(=O)[C@@H](N)Cc1ccccc1. The van der Waals surface area contributed by atoms with Crippen LogP contribution in [0.5, 0.6) is 0 Å². The van der Waals surface area contributed by atoms with Gasteiger partial charge in [-0.1, -0.05) is 90.6 Å². The summed E-state index contributed by atoms with van der Waals surface area (Å²) in [7, 11) is 0. The van der Waals surface area contributed by atoms with Crippen molar-refractivity contribution in [1.29, 1.82) is 0 Å². The molecule has 8 nitrogen and oxygen atoms in total. The molecule has 40 heavy (non-hydrogen) atoms. The number of benzene rings is 1. The molecular formula is C32H52N4O4. The van der Waals surface area contributed by atoms with Crippen molar-refractivity contribution >= 4 is 23.9 Å². The molecule has 4 atom stereocenters. The molecule has 2 rings (SSSR count). The molecule has 1 aliphatic rings. The van der Waals surface area contributed by atoms with Gasteiger partial charge in [0, 0.05) is 19.4 Å². The number of quaternary nitrogens is 1. The van der Waals surface area contributed by atoms with Gasteiger partial charge in [-0.25, -0.2) is 4.79 Å². The number of carbonyl (C=O) groups excluding carboxylic acids is 3. The van der Waals surface area contributed by atoms with Gasteiger partial charge in [-0.15, -0.1) is 0 Å². The summed E-state index contributed by atoms with van der Waals surface area (Å²) in [5.41, 5.74) is 7.19. The predicted molar refractivity (Wildman–Crippen MR) is 161 cm³/mol. The number of amides is 3. The Balaban J connectivity index is 2.31. The van der Waals surface area contributed by atoms with E-state index in [1.165, 1.54) is 19.3 Å². The summed E-state index contributed by atoms with van der Waals surface area (Å²) in [6.45, 7) is 10.3. The molecule has 0 aromatic heterocycles. The average molecular weight is 557 g/mol. The quantitative estimate of drug-likeness (QED) is 0.249. The van der Waals surface area contributed by atoms with Crippen LogP contribution in [-0.2, 0) is 20.8 Å². The molecule has 0 heterocycles. The van der Waals surface area contributed by atoms with Crippen LogP contribution in [0, 0.1) is 23.0 Å². The lowest BCUT2D eigenvalue weighted by Crippen LogP contribution is -3.16. The van der Waals surface area contributed by atoms with Crippen molar-refractivity contribution in [2.45, 2.75) is 117 Å². The molecule has 0 bridgehead atoms. The highest BCUT2D eigenvalue weighted by atomic mass is 16.5. The Kier molecular flexibility index (Phi) is 14.7. The molecule has 224 valence electrons. The molecule has 3 amide bonds. The number of nitrogens with zero attached hydrogens (tertiary/aromatic N) is 2. The number of aliphatic imine (C=N–C) groups is 1. The van der Waals surface area contributed by atoms with Gasteiger partial charge in [0.1, 0.15) is 6.04 Å². The molecular weight excluding hydrogens is 504 g/mol. The van der Waals surface area contributed by atoms with Crippen LogP contribution in [0.15, 0.2) is 35.3 Å². The summed E-state index contributed by atoms with van der Waals surface area (Å²) in [6, 6.07) is 6.49. The molecule has 1 unspecified atom stereocenters. The van der Waals surface area contributed by atoms with Crippen molar-refractivity contribution in [1.82, 2.24) is 4.90 Å². The van der Waals surface area contributed by atoms with Gasteiger partial charge in [0.25, 0.3) is 0 Å². The fraction of sp³-hybridized carbons (Fsp3) is 0.688. The third-order valence-electron chi connectivity index (χ3n) is 7.56. The Morgan fingerprint density at radius 3 is 2.30 bits per heavy atom. The maximum Gasteiger partial charge on any atom is 0.335 e. The smallest absolute Gasteiger partial charge is 0.335 e. The molecule has 0 radical (unpaired) electrons. The summed E-state index contributed by atoms with van der Waals surface area (Å²) in [5, 5.41) is 13.1. The first-order valence-electron chi connectivity index (χ1n) is 15.3. The monoisotopic (exact) mass is 556 g/mol. The second kappa shape index (κ2) is 17.4. The Morgan fingerprint density at radius 2 is 1.73 bits per heavy atom. The summed E-state index contributed by atoms with van der Waals surface area (Å²) in [5.74, 6) is -1.10. The van der Waals surface area contributed by atoms with Crippen LogP contribution in [-0.4, -0.2) is 53.5 Å². The fourth-order valence-corrected chi connectivity index (χ4v) is 5.48. The number of nitrogens with one attached hydrogen (secondary N) is 1. The highest BCUT2D eigenvalue weighted by Crippen LogP contribution is 2.23. The van der Waals surface area contributed by atoms with E-state index in [0.717, 1.165) is 23.3 Å². The maximum atomic E-state index is 13.8. The van der Waals surface area contributed by atoms with Crippen LogP contribution >= 0.6 is 0 Å². The summed E-state index contributed by atoms with van der Waals surface area (Å²) < 4.78 is 0. The van der Waals surface area contributed by atoms with Crippen LogP contribution in [0.2, 0.25) is 0 Å². The first kappa shape index (κ1) is 33.8. The highest BCUT2D eigenvalue weighted by molar-refractivity contribution is 6.01. The lowest BCUT2D eigenvalue weighted by Gasteiger charge is -2.36. The van der Waals surface area contributed by atoms with Gasteiger partial charge in [0.15, 0.2) is 6.04 Å². The van der Waals surface area contributed by atoms with Gasteiger partial charge in [-0.05, 0) is 49.0 Å². The van der Waals surface area contributed by atoms with Crippen molar-refractivity contribution in [2.24, 2.45) is 28.5 Å². The lowest BCUT2D eigenvalue weighted by atomic mass is 9.89. The van der Waals surface area contributed by atoms with E-state index in [1.807, 2.05) is 65.0 Å². The van der Waals surface area contributed by atoms with Crippen LogP contribution in [0.4, 0.5) is 0 Å². The number of hydroxylamine groups is 2. The molecule has 1 aromatic carbocycles. The molecule has 8 heteroatoms. The van der Waals surface area contributed by atoms with Crippen molar-refractivity contribution in [3.05, 3.63) is 41.1 Å². The van der Waals surface area contributed by atoms with E-state index in [9.17, 15) is 19.6 Å². The van der Waals surface area contributed by atoms with Crippen molar-refractivity contribution in [3.8, 4) is 0 Å². The van der Waals surface area contributed by atoms with Crippen molar-refractivity contribution in [2.75, 3.05) is 6.54 Å². The number of carbonyl (C=O) groups is 3. The van der Waals surface area contributed by atoms with Crippen molar-refractivity contribution < 1.29 is 19.4 Å². The summed E-state index contributed by atoms with van der Waals surface area (Å²) in [4.78, 5) is 46.6. The van der Waals surface area contributed by atoms with E-state index in [1.54, 1.807) is 6.21 Å². The maximum absolute atomic E-state index is 13.8. The van der Waals surface area contributed by atoms with Crippen LogP contribution < -0.4 is 10.8 Å². The normalized spacial score (nSPS) is 17.6. The van der Waals surface area contributed by atoms with Crippen molar-refractivity contribution in [3.63, 3.8) is 0 Å². The summed E-state index contributed by atoms with van der Waals surface area (Å²) >= 11 is 0. The molecule has 0 saturated heterocycles. The first-order chi connectivity index (χ1) is 19.0. The van der Waals surface area contributed by atoms with Gasteiger partial charge in [0.2, 0.25) is 11.8 Å². The van der Waals surface area contributed by atoms with Gasteiger partial charge >= 0.3 is 5.91 Å². The zero-order chi connectivity index (χ0) is 29.7. The van der Waals surface area contributed by atoms with Gasteiger partial charge in [0.05, 0.1) is 12.3 Å². The Bertz CT molecular complexity index is 943. The van der Waals surface area contributed by atoms with E-state index < -0.39 is 40.9 Å². The van der Waals surface area contributed by atoms with Crippen LogP contribution in [0.3, 0.4) is 0 Å². The first-order valence-corrected chi connectivity index (χ1v) is 15.3. The number of imide groups is 1.